The number of piperazine rings is 1. The average Bonchev–Trinajstić information content (AvgIpc) is 3.48. The summed E-state index contributed by atoms with van der Waals surface area (Å²) in [4.78, 5) is 22.7. The van der Waals surface area contributed by atoms with Gasteiger partial charge < -0.3 is 9.47 Å². The Morgan fingerprint density at radius 2 is 1.90 bits per heavy atom. The molecule has 2 fully saturated rings. The van der Waals surface area contributed by atoms with Crippen LogP contribution >= 0.6 is 0 Å². The number of hydrogen-bond acceptors (Lipinski definition) is 3. The van der Waals surface area contributed by atoms with E-state index >= 15 is 0 Å². The highest BCUT2D eigenvalue weighted by atomic mass is 16.2. The molecule has 2 heterocycles. The normalized spacial score (nSPS) is 24.7. The van der Waals surface area contributed by atoms with Gasteiger partial charge in [0.15, 0.2) is 0 Å². The van der Waals surface area contributed by atoms with Crippen molar-refractivity contribution in [3.63, 3.8) is 0 Å². The average molecular weight is 405 g/mol. The van der Waals surface area contributed by atoms with E-state index in [1.807, 2.05) is 11.1 Å². The number of carbonyl (C=O) groups excluding carboxylic acids is 1. The minimum absolute atomic E-state index is 0.0841. The maximum atomic E-state index is 13.3. The van der Waals surface area contributed by atoms with Gasteiger partial charge in [-0.25, -0.2) is 4.98 Å². The summed E-state index contributed by atoms with van der Waals surface area (Å²) in [6.07, 6.45) is 21.3. The molecule has 30 heavy (non-hydrogen) atoms. The van der Waals surface area contributed by atoms with Crippen molar-refractivity contribution in [2.45, 2.75) is 51.6 Å². The maximum Gasteiger partial charge on any atom is 0.274 e. The third-order valence-electron chi connectivity index (χ3n) is 7.18. The molecule has 0 N–H and O–H groups in total. The highest BCUT2D eigenvalue weighted by Gasteiger charge is 2.30. The molecule has 5 heteroatoms. The zero-order valence-corrected chi connectivity index (χ0v) is 18.0. The van der Waals surface area contributed by atoms with Gasteiger partial charge in [-0.05, 0) is 31.8 Å². The van der Waals surface area contributed by atoms with E-state index in [-0.39, 0.29) is 5.91 Å². The Morgan fingerprint density at radius 1 is 1.10 bits per heavy atom. The van der Waals surface area contributed by atoms with E-state index in [0.717, 1.165) is 51.0 Å². The number of aromatic nitrogens is 2. The lowest BCUT2D eigenvalue weighted by molar-refractivity contribution is 0.0568. The molecule has 1 amide bonds. The number of rotatable bonds is 4. The first-order valence-electron chi connectivity index (χ1n) is 11.6. The van der Waals surface area contributed by atoms with Crippen molar-refractivity contribution in [1.82, 2.24) is 19.4 Å². The molecule has 1 saturated heterocycles. The van der Waals surface area contributed by atoms with Crippen LogP contribution in [0.15, 0.2) is 48.2 Å². The monoisotopic (exact) mass is 404 g/mol. The van der Waals surface area contributed by atoms with Crippen molar-refractivity contribution in [3.8, 4) is 0 Å². The van der Waals surface area contributed by atoms with Gasteiger partial charge in [0.05, 0.1) is 0 Å². The van der Waals surface area contributed by atoms with Gasteiger partial charge in [-0.15, -0.1) is 0 Å². The minimum Gasteiger partial charge on any atom is -0.335 e. The zero-order valence-electron chi connectivity index (χ0n) is 18.0. The molecule has 3 aliphatic carbocycles. The Hall–Kier alpha value is -2.40. The van der Waals surface area contributed by atoms with Crippen LogP contribution < -0.4 is 0 Å². The van der Waals surface area contributed by atoms with Gasteiger partial charge in [0, 0.05) is 56.5 Å². The predicted octanol–water partition coefficient (Wildman–Crippen LogP) is 4.06. The van der Waals surface area contributed by atoms with Crippen molar-refractivity contribution in [1.29, 1.82) is 0 Å². The minimum atomic E-state index is 0.0841. The van der Waals surface area contributed by atoms with Crippen molar-refractivity contribution >= 4 is 11.5 Å². The number of allylic oxidation sites excluding steroid dienone is 8. The molecule has 1 aliphatic heterocycles. The van der Waals surface area contributed by atoms with Crippen LogP contribution in [0.5, 0.6) is 0 Å². The molecule has 1 aromatic rings. The predicted molar refractivity (Wildman–Crippen MR) is 120 cm³/mol. The summed E-state index contributed by atoms with van der Waals surface area (Å²) < 4.78 is 2.14. The molecule has 0 radical (unpaired) electrons. The summed E-state index contributed by atoms with van der Waals surface area (Å²) >= 11 is 0. The number of fused-ring (bicyclic) bond motifs is 1. The SMILES string of the molecule is CCn1cc(C(=O)N2CCN(C3CCCC3)CC2)nc1C1=CC=CC2=CC=CCC21. The fraction of sp³-hybridized carbons (Fsp3) is 0.520. The van der Waals surface area contributed by atoms with E-state index < -0.39 is 0 Å². The number of imidazole rings is 1. The van der Waals surface area contributed by atoms with Crippen molar-refractivity contribution in [2.75, 3.05) is 26.2 Å². The quantitative estimate of drug-likeness (QED) is 0.760. The van der Waals surface area contributed by atoms with Gasteiger partial charge in [-0.2, -0.15) is 0 Å². The van der Waals surface area contributed by atoms with E-state index in [4.69, 9.17) is 4.98 Å². The van der Waals surface area contributed by atoms with Crippen LogP contribution in [0, 0.1) is 5.92 Å². The number of aryl methyl sites for hydroxylation is 1. The molecule has 1 unspecified atom stereocenters. The molecular formula is C25H32N4O. The Morgan fingerprint density at radius 3 is 2.67 bits per heavy atom. The number of nitrogens with zero attached hydrogens (tertiary/aromatic N) is 4. The zero-order chi connectivity index (χ0) is 20.5. The molecule has 4 aliphatic rings. The van der Waals surface area contributed by atoms with Crippen LogP contribution in [0.2, 0.25) is 0 Å². The number of amides is 1. The van der Waals surface area contributed by atoms with E-state index in [9.17, 15) is 4.79 Å². The molecule has 1 aromatic heterocycles. The number of hydrogen-bond donors (Lipinski definition) is 0. The van der Waals surface area contributed by atoms with Crippen LogP contribution in [0.4, 0.5) is 0 Å². The maximum absolute atomic E-state index is 13.3. The molecule has 5 nitrogen and oxygen atoms in total. The Balaban J connectivity index is 1.32. The van der Waals surface area contributed by atoms with Gasteiger partial charge >= 0.3 is 0 Å². The van der Waals surface area contributed by atoms with Gasteiger partial charge in [0.1, 0.15) is 11.5 Å². The van der Waals surface area contributed by atoms with Crippen LogP contribution in [-0.4, -0.2) is 57.5 Å². The first kappa shape index (κ1) is 19.6. The van der Waals surface area contributed by atoms with Crippen molar-refractivity contribution in [2.24, 2.45) is 5.92 Å². The third kappa shape index (κ3) is 3.60. The molecule has 5 rings (SSSR count). The summed E-state index contributed by atoms with van der Waals surface area (Å²) in [6, 6.07) is 0.742. The van der Waals surface area contributed by atoms with Crippen LogP contribution in [0.25, 0.3) is 5.57 Å². The second-order valence-electron chi connectivity index (χ2n) is 8.87. The summed E-state index contributed by atoms with van der Waals surface area (Å²) in [5, 5.41) is 0. The largest absolute Gasteiger partial charge is 0.335 e. The number of carbonyl (C=O) groups is 1. The smallest absolute Gasteiger partial charge is 0.274 e. The lowest BCUT2D eigenvalue weighted by Gasteiger charge is -2.37. The third-order valence-corrected chi connectivity index (χ3v) is 7.18. The molecule has 0 spiro atoms. The Kier molecular flexibility index (Phi) is 5.47. The van der Waals surface area contributed by atoms with E-state index in [1.165, 1.54) is 36.8 Å². The summed E-state index contributed by atoms with van der Waals surface area (Å²) in [5.74, 6) is 1.37. The summed E-state index contributed by atoms with van der Waals surface area (Å²) in [7, 11) is 0. The van der Waals surface area contributed by atoms with Gasteiger partial charge in [-0.3, -0.25) is 9.69 Å². The lowest BCUT2D eigenvalue weighted by Crippen LogP contribution is -2.51. The van der Waals surface area contributed by atoms with E-state index in [2.05, 4.69) is 52.8 Å². The Labute approximate surface area is 179 Å². The fourth-order valence-electron chi connectivity index (χ4n) is 5.45. The summed E-state index contributed by atoms with van der Waals surface area (Å²) in [6.45, 7) is 6.56. The molecule has 158 valence electrons. The summed E-state index contributed by atoms with van der Waals surface area (Å²) in [5.41, 5.74) is 3.14. The first-order valence-corrected chi connectivity index (χ1v) is 11.6. The second kappa shape index (κ2) is 8.38. The van der Waals surface area contributed by atoms with Crippen molar-refractivity contribution < 1.29 is 4.79 Å². The molecule has 0 bridgehead atoms. The van der Waals surface area contributed by atoms with Crippen LogP contribution in [0.3, 0.4) is 0 Å². The highest BCUT2D eigenvalue weighted by Crippen LogP contribution is 2.37. The van der Waals surface area contributed by atoms with Gasteiger partial charge in [-0.1, -0.05) is 49.3 Å². The van der Waals surface area contributed by atoms with E-state index in [0.29, 0.717) is 11.6 Å². The van der Waals surface area contributed by atoms with Crippen LogP contribution in [0.1, 0.15) is 55.3 Å². The van der Waals surface area contributed by atoms with Crippen LogP contribution in [-0.2, 0) is 6.54 Å². The first-order chi connectivity index (χ1) is 14.7. The lowest BCUT2D eigenvalue weighted by atomic mass is 9.81. The second-order valence-corrected chi connectivity index (χ2v) is 8.87. The topological polar surface area (TPSA) is 41.4 Å². The molecule has 1 saturated carbocycles. The molecule has 1 atom stereocenters. The highest BCUT2D eigenvalue weighted by molar-refractivity contribution is 5.93. The Bertz CT molecular complexity index is 921. The standard InChI is InChI=1S/C25H32N4O/c1-2-27-18-23(25(30)29-16-14-28(15-17-29)20-10-4-5-11-20)26-24(27)22-13-7-9-19-8-3-6-12-21(19)22/h3,6-9,13,18,20-21H,2,4-5,10-12,14-17H2,1H3. The van der Waals surface area contributed by atoms with E-state index in [1.54, 1.807) is 0 Å². The molecule has 0 aromatic carbocycles. The van der Waals surface area contributed by atoms with Gasteiger partial charge in [0.25, 0.3) is 5.91 Å². The van der Waals surface area contributed by atoms with Gasteiger partial charge in [0.2, 0.25) is 0 Å². The molecular weight excluding hydrogens is 372 g/mol. The fourth-order valence-corrected chi connectivity index (χ4v) is 5.45. The van der Waals surface area contributed by atoms with Crippen molar-refractivity contribution in [3.05, 3.63) is 59.7 Å².